The first kappa shape index (κ1) is 20.0. The Balaban J connectivity index is 2.28. The summed E-state index contributed by atoms with van der Waals surface area (Å²) in [6.07, 6.45) is 0.259. The lowest BCUT2D eigenvalue weighted by Crippen LogP contribution is -2.47. The highest BCUT2D eigenvalue weighted by Gasteiger charge is 2.25. The van der Waals surface area contributed by atoms with Crippen LogP contribution >= 0.6 is 11.6 Å². The smallest absolute Gasteiger partial charge is 0.242 e. The van der Waals surface area contributed by atoms with Gasteiger partial charge in [0.15, 0.2) is 0 Å². The summed E-state index contributed by atoms with van der Waals surface area (Å²) in [5, 5.41) is 3.23. The second-order valence-corrected chi connectivity index (χ2v) is 6.98. The van der Waals surface area contributed by atoms with E-state index in [-0.39, 0.29) is 18.2 Å². The summed E-state index contributed by atoms with van der Waals surface area (Å²) in [7, 11) is 1.57. The Morgan fingerprint density at radius 3 is 2.54 bits per heavy atom. The van der Waals surface area contributed by atoms with Gasteiger partial charge in [0.1, 0.15) is 6.04 Å². The molecule has 0 heterocycles. The van der Waals surface area contributed by atoms with E-state index in [1.807, 2.05) is 50.2 Å². The van der Waals surface area contributed by atoms with Gasteiger partial charge >= 0.3 is 0 Å². The fourth-order valence-electron chi connectivity index (χ4n) is 2.88. The minimum atomic E-state index is -0.573. The summed E-state index contributed by atoms with van der Waals surface area (Å²) in [6.45, 7) is 6.07. The zero-order chi connectivity index (χ0) is 19.3. The van der Waals surface area contributed by atoms with Crippen LogP contribution in [0.5, 0.6) is 0 Å². The first-order valence-corrected chi connectivity index (χ1v) is 9.01. The highest BCUT2D eigenvalue weighted by Crippen LogP contribution is 2.17. The predicted octanol–water partition coefficient (Wildman–Crippen LogP) is 3.66. The van der Waals surface area contributed by atoms with E-state index in [9.17, 15) is 9.59 Å². The Kier molecular flexibility index (Phi) is 6.81. The zero-order valence-corrected chi connectivity index (χ0v) is 16.4. The SMILES string of the molecule is CNC(=O)[C@H](C)N(Cc1cccc(Cl)c1)C(=O)Cc1cc(C)ccc1C. The topological polar surface area (TPSA) is 49.4 Å². The molecule has 0 aliphatic rings. The zero-order valence-electron chi connectivity index (χ0n) is 15.7. The summed E-state index contributed by atoms with van der Waals surface area (Å²) < 4.78 is 0. The number of carbonyl (C=O) groups is 2. The number of benzene rings is 2. The van der Waals surface area contributed by atoms with E-state index in [0.29, 0.717) is 11.6 Å². The number of halogens is 1. The number of rotatable bonds is 6. The Labute approximate surface area is 160 Å². The van der Waals surface area contributed by atoms with Gasteiger partial charge < -0.3 is 10.2 Å². The molecule has 2 aromatic carbocycles. The molecule has 5 heteroatoms. The van der Waals surface area contributed by atoms with Crippen LogP contribution in [0.4, 0.5) is 0 Å². The molecule has 0 fully saturated rings. The lowest BCUT2D eigenvalue weighted by molar-refractivity contribution is -0.139. The molecule has 26 heavy (non-hydrogen) atoms. The molecule has 2 rings (SSSR count). The van der Waals surface area contributed by atoms with E-state index in [4.69, 9.17) is 11.6 Å². The number of hydrogen-bond acceptors (Lipinski definition) is 2. The Bertz CT molecular complexity index is 804. The maximum absolute atomic E-state index is 13.0. The maximum atomic E-state index is 13.0. The summed E-state index contributed by atoms with van der Waals surface area (Å²) in [4.78, 5) is 26.8. The van der Waals surface area contributed by atoms with Gasteiger partial charge in [0.05, 0.1) is 6.42 Å². The van der Waals surface area contributed by atoms with E-state index in [1.165, 1.54) is 0 Å². The normalized spacial score (nSPS) is 11.7. The largest absolute Gasteiger partial charge is 0.357 e. The molecule has 2 aromatic rings. The van der Waals surface area contributed by atoms with Crippen LogP contribution in [0.25, 0.3) is 0 Å². The van der Waals surface area contributed by atoms with Crippen molar-refractivity contribution in [3.8, 4) is 0 Å². The summed E-state index contributed by atoms with van der Waals surface area (Å²) >= 11 is 6.06. The molecular weight excluding hydrogens is 348 g/mol. The molecule has 1 N–H and O–H groups in total. The lowest BCUT2D eigenvalue weighted by Gasteiger charge is -2.28. The molecule has 0 radical (unpaired) electrons. The van der Waals surface area contributed by atoms with E-state index in [1.54, 1.807) is 24.9 Å². The van der Waals surface area contributed by atoms with E-state index in [0.717, 1.165) is 22.3 Å². The molecule has 4 nitrogen and oxygen atoms in total. The molecule has 0 saturated carbocycles. The Hall–Kier alpha value is -2.33. The molecule has 0 aliphatic carbocycles. The second kappa shape index (κ2) is 8.86. The van der Waals surface area contributed by atoms with Gasteiger partial charge in [0.2, 0.25) is 11.8 Å². The van der Waals surface area contributed by atoms with Crippen molar-refractivity contribution in [1.82, 2.24) is 10.2 Å². The molecule has 0 unspecified atom stereocenters. The van der Waals surface area contributed by atoms with Crippen LogP contribution in [-0.4, -0.2) is 29.8 Å². The highest BCUT2D eigenvalue weighted by molar-refractivity contribution is 6.30. The van der Waals surface area contributed by atoms with Gasteiger partial charge in [-0.05, 0) is 49.6 Å². The Morgan fingerprint density at radius 2 is 1.88 bits per heavy atom. The average Bonchev–Trinajstić information content (AvgIpc) is 2.61. The number of aryl methyl sites for hydroxylation is 2. The standard InChI is InChI=1S/C21H25ClN2O2/c1-14-8-9-15(2)18(10-14)12-20(25)24(16(3)21(26)23-4)13-17-6-5-7-19(22)11-17/h5-11,16H,12-13H2,1-4H3,(H,23,26)/t16-/m0/s1. The number of amides is 2. The van der Waals surface area contributed by atoms with Crippen LogP contribution < -0.4 is 5.32 Å². The van der Waals surface area contributed by atoms with Crippen molar-refractivity contribution in [3.05, 3.63) is 69.7 Å². The molecule has 0 bridgehead atoms. The maximum Gasteiger partial charge on any atom is 0.242 e. The van der Waals surface area contributed by atoms with Gasteiger partial charge in [-0.1, -0.05) is 47.5 Å². The number of likely N-dealkylation sites (N-methyl/N-ethyl adjacent to an activating group) is 1. The third kappa shape index (κ3) is 5.09. The third-order valence-electron chi connectivity index (χ3n) is 4.50. The molecule has 138 valence electrons. The van der Waals surface area contributed by atoms with Crippen molar-refractivity contribution in [1.29, 1.82) is 0 Å². The number of hydrogen-bond donors (Lipinski definition) is 1. The molecule has 0 aromatic heterocycles. The minimum Gasteiger partial charge on any atom is -0.357 e. The van der Waals surface area contributed by atoms with Gasteiger partial charge in [-0.2, -0.15) is 0 Å². The van der Waals surface area contributed by atoms with Crippen LogP contribution in [0.1, 0.15) is 29.2 Å². The number of nitrogens with one attached hydrogen (secondary N) is 1. The van der Waals surface area contributed by atoms with Crippen molar-refractivity contribution < 1.29 is 9.59 Å². The van der Waals surface area contributed by atoms with Gasteiger partial charge in [0.25, 0.3) is 0 Å². The van der Waals surface area contributed by atoms with E-state index in [2.05, 4.69) is 5.32 Å². The third-order valence-corrected chi connectivity index (χ3v) is 4.74. The van der Waals surface area contributed by atoms with Gasteiger partial charge in [0, 0.05) is 18.6 Å². The van der Waals surface area contributed by atoms with Crippen molar-refractivity contribution in [2.45, 2.75) is 39.8 Å². The fraction of sp³-hybridized carbons (Fsp3) is 0.333. The van der Waals surface area contributed by atoms with Crippen molar-refractivity contribution in [2.24, 2.45) is 0 Å². The molecule has 0 spiro atoms. The van der Waals surface area contributed by atoms with Crippen molar-refractivity contribution in [3.63, 3.8) is 0 Å². The summed E-state index contributed by atoms with van der Waals surface area (Å²) in [5.41, 5.74) is 4.05. The number of nitrogens with zero attached hydrogens (tertiary/aromatic N) is 1. The van der Waals surface area contributed by atoms with Gasteiger partial charge in [-0.25, -0.2) is 0 Å². The van der Waals surface area contributed by atoms with Crippen LogP contribution in [0.3, 0.4) is 0 Å². The van der Waals surface area contributed by atoms with E-state index >= 15 is 0 Å². The van der Waals surface area contributed by atoms with Gasteiger partial charge in [-0.15, -0.1) is 0 Å². The molecule has 2 amide bonds. The van der Waals surface area contributed by atoms with Crippen LogP contribution in [0, 0.1) is 13.8 Å². The second-order valence-electron chi connectivity index (χ2n) is 6.55. The van der Waals surface area contributed by atoms with Crippen LogP contribution in [-0.2, 0) is 22.6 Å². The Morgan fingerprint density at radius 1 is 1.15 bits per heavy atom. The molecule has 1 atom stereocenters. The van der Waals surface area contributed by atoms with Crippen molar-refractivity contribution >= 4 is 23.4 Å². The van der Waals surface area contributed by atoms with E-state index < -0.39 is 6.04 Å². The molecular formula is C21H25ClN2O2. The van der Waals surface area contributed by atoms with Crippen molar-refractivity contribution in [2.75, 3.05) is 7.05 Å². The predicted molar refractivity (Wildman–Crippen MR) is 105 cm³/mol. The molecule has 0 saturated heterocycles. The average molecular weight is 373 g/mol. The quantitative estimate of drug-likeness (QED) is 0.841. The van der Waals surface area contributed by atoms with Gasteiger partial charge in [-0.3, -0.25) is 9.59 Å². The molecule has 0 aliphatic heterocycles. The minimum absolute atomic E-state index is 0.0882. The summed E-state index contributed by atoms with van der Waals surface area (Å²) in [5.74, 6) is -0.281. The first-order chi connectivity index (χ1) is 12.3. The number of carbonyl (C=O) groups excluding carboxylic acids is 2. The summed E-state index contributed by atoms with van der Waals surface area (Å²) in [6, 6.07) is 12.8. The van der Waals surface area contributed by atoms with Crippen LogP contribution in [0.15, 0.2) is 42.5 Å². The van der Waals surface area contributed by atoms with Crippen LogP contribution in [0.2, 0.25) is 5.02 Å². The highest BCUT2D eigenvalue weighted by atomic mass is 35.5. The lowest BCUT2D eigenvalue weighted by atomic mass is 10.0. The fourth-order valence-corrected chi connectivity index (χ4v) is 3.09. The monoisotopic (exact) mass is 372 g/mol. The first-order valence-electron chi connectivity index (χ1n) is 8.63.